The lowest BCUT2D eigenvalue weighted by Gasteiger charge is -2.14. The number of amides is 1. The van der Waals surface area contributed by atoms with Crippen molar-refractivity contribution in [3.8, 4) is 11.1 Å². The van der Waals surface area contributed by atoms with Gasteiger partial charge in [0, 0.05) is 24.9 Å². The van der Waals surface area contributed by atoms with Crippen LogP contribution in [0.1, 0.15) is 68.3 Å². The van der Waals surface area contributed by atoms with Gasteiger partial charge in [-0.1, -0.05) is 62.7 Å². The third kappa shape index (κ3) is 7.05. The summed E-state index contributed by atoms with van der Waals surface area (Å²) < 4.78 is 35.3. The third-order valence-electron chi connectivity index (χ3n) is 5.94. The van der Waals surface area contributed by atoms with Crippen molar-refractivity contribution < 1.29 is 22.7 Å². The van der Waals surface area contributed by atoms with Crippen LogP contribution in [0, 0.1) is 0 Å². The van der Waals surface area contributed by atoms with Gasteiger partial charge in [0.25, 0.3) is 10.0 Å². The molecule has 1 aromatic heterocycles. The summed E-state index contributed by atoms with van der Waals surface area (Å²) in [5.74, 6) is -0.0885. The van der Waals surface area contributed by atoms with E-state index in [1.807, 2.05) is 42.0 Å². The average Bonchev–Trinajstić information content (AvgIpc) is 3.25. The van der Waals surface area contributed by atoms with Crippen LogP contribution in [0.2, 0.25) is 0 Å². The van der Waals surface area contributed by atoms with Gasteiger partial charge >= 0.3 is 5.97 Å². The Labute approximate surface area is 229 Å². The molecule has 1 heterocycles. The molecule has 1 amide bonds. The first-order valence-corrected chi connectivity index (χ1v) is 15.5. The van der Waals surface area contributed by atoms with Crippen LogP contribution in [-0.4, -0.2) is 42.7 Å². The zero-order chi connectivity index (χ0) is 27.7. The molecule has 0 atom stereocenters. The van der Waals surface area contributed by atoms with Gasteiger partial charge in [-0.05, 0) is 43.2 Å². The van der Waals surface area contributed by atoms with Crippen molar-refractivity contribution in [2.45, 2.75) is 69.3 Å². The van der Waals surface area contributed by atoms with Crippen LogP contribution in [0.4, 0.5) is 0 Å². The van der Waals surface area contributed by atoms with Crippen molar-refractivity contribution in [3.63, 3.8) is 0 Å². The van der Waals surface area contributed by atoms with Crippen molar-refractivity contribution in [1.29, 1.82) is 0 Å². The number of rotatable bonds is 13. The van der Waals surface area contributed by atoms with Gasteiger partial charge in [-0.15, -0.1) is 11.8 Å². The molecule has 0 fully saturated rings. The number of carbonyl (C=O) groups is 2. The lowest BCUT2D eigenvalue weighted by atomic mass is 10.0. The van der Waals surface area contributed by atoms with E-state index in [-0.39, 0.29) is 17.9 Å². The number of sulfonamides is 1. The zero-order valence-electron chi connectivity index (χ0n) is 22.3. The molecule has 10 heteroatoms. The number of nitrogens with one attached hydrogen (secondary N) is 1. The maximum atomic E-state index is 12.9. The molecule has 3 aromatic rings. The monoisotopic (exact) mass is 557 g/mol. The van der Waals surface area contributed by atoms with Gasteiger partial charge in [-0.3, -0.25) is 4.79 Å². The summed E-state index contributed by atoms with van der Waals surface area (Å²) in [7, 11) is -4.02. The summed E-state index contributed by atoms with van der Waals surface area (Å²) in [6, 6.07) is 14.1. The highest BCUT2D eigenvalue weighted by molar-refractivity contribution is 7.98. The molecule has 0 spiro atoms. The number of esters is 1. The average molecular weight is 558 g/mol. The Kier molecular flexibility index (Phi) is 10.6. The molecule has 3 rings (SSSR count). The van der Waals surface area contributed by atoms with Gasteiger partial charge in [0.2, 0.25) is 5.91 Å². The van der Waals surface area contributed by atoms with Crippen LogP contribution >= 0.6 is 11.8 Å². The van der Waals surface area contributed by atoms with Crippen LogP contribution in [-0.2, 0) is 32.5 Å². The quantitative estimate of drug-likeness (QED) is 0.220. The Morgan fingerprint density at radius 2 is 1.74 bits per heavy atom. The summed E-state index contributed by atoms with van der Waals surface area (Å²) in [5, 5.41) is 0.649. The lowest BCUT2D eigenvalue weighted by molar-refractivity contribution is -0.119. The molecule has 8 nitrogen and oxygen atoms in total. The highest BCUT2D eigenvalue weighted by Gasteiger charge is 2.24. The predicted octanol–water partition coefficient (Wildman–Crippen LogP) is 5.44. The van der Waals surface area contributed by atoms with Crippen molar-refractivity contribution in [2.24, 2.45) is 0 Å². The van der Waals surface area contributed by atoms with Crippen molar-refractivity contribution in [1.82, 2.24) is 14.3 Å². The highest BCUT2D eigenvalue weighted by Crippen LogP contribution is 2.29. The predicted molar refractivity (Wildman–Crippen MR) is 150 cm³/mol. The number of carbonyl (C=O) groups excluding carboxylic acids is 2. The molecular formula is C28H35N3O5S2. The number of aryl methyl sites for hydroxylation is 1. The van der Waals surface area contributed by atoms with Crippen molar-refractivity contribution in [3.05, 3.63) is 65.6 Å². The van der Waals surface area contributed by atoms with Gasteiger partial charge in [0.05, 0.1) is 11.5 Å². The Morgan fingerprint density at radius 3 is 2.37 bits per heavy atom. The van der Waals surface area contributed by atoms with E-state index in [1.54, 1.807) is 25.1 Å². The van der Waals surface area contributed by atoms with Gasteiger partial charge in [-0.25, -0.2) is 22.9 Å². The van der Waals surface area contributed by atoms with E-state index in [4.69, 9.17) is 9.72 Å². The largest absolute Gasteiger partial charge is 0.461 e. The minimum atomic E-state index is -4.02. The Balaban J connectivity index is 1.95. The van der Waals surface area contributed by atoms with E-state index < -0.39 is 21.9 Å². The highest BCUT2D eigenvalue weighted by atomic mass is 32.2. The summed E-state index contributed by atoms with van der Waals surface area (Å²) in [6.45, 7) is 6.41. The standard InChI is InChI=1S/C28H35N3O5S2/c1-5-8-14-24-29-27(37-4)26(28(33)36-7-3)31(24)19-20-15-17-21(18-16-20)22-12-9-10-13-23(22)38(34,35)30-25(32)11-6-2/h9-10,12-13,15-18H,5-8,11,14,19H2,1-4H3,(H,30,32). The van der Waals surface area contributed by atoms with Crippen LogP contribution in [0.3, 0.4) is 0 Å². The first kappa shape index (κ1) is 29.4. The fourth-order valence-electron chi connectivity index (χ4n) is 4.11. The van der Waals surface area contributed by atoms with Gasteiger partial charge in [-0.2, -0.15) is 0 Å². The molecule has 0 unspecified atom stereocenters. The van der Waals surface area contributed by atoms with E-state index in [9.17, 15) is 18.0 Å². The number of aromatic nitrogens is 2. The second-order valence-corrected chi connectivity index (χ2v) is 11.2. The minimum absolute atomic E-state index is 0.0443. The third-order valence-corrected chi connectivity index (χ3v) is 8.04. The van der Waals surface area contributed by atoms with Gasteiger partial charge in [0.1, 0.15) is 10.9 Å². The SMILES string of the molecule is CCCCc1nc(SC)c(C(=O)OCC)n1Cc1ccc(-c2ccccc2S(=O)(=O)NC(=O)CCC)cc1. The summed E-state index contributed by atoms with van der Waals surface area (Å²) in [6.07, 6.45) is 5.28. The number of hydrogen-bond donors (Lipinski definition) is 1. The topological polar surface area (TPSA) is 107 Å². The van der Waals surface area contributed by atoms with E-state index in [1.165, 1.54) is 17.8 Å². The smallest absolute Gasteiger partial charge is 0.357 e. The Bertz CT molecular complexity index is 1370. The van der Waals surface area contributed by atoms with E-state index in [0.717, 1.165) is 30.7 Å². The molecule has 0 bridgehead atoms. The fraction of sp³-hybridized carbons (Fsp3) is 0.393. The van der Waals surface area contributed by atoms with Crippen LogP contribution in [0.25, 0.3) is 11.1 Å². The molecule has 2 aromatic carbocycles. The second-order valence-electron chi connectivity index (χ2n) is 8.77. The molecule has 204 valence electrons. The Hall–Kier alpha value is -3.11. The minimum Gasteiger partial charge on any atom is -0.461 e. The number of benzene rings is 2. The van der Waals surface area contributed by atoms with E-state index >= 15 is 0 Å². The number of hydrogen-bond acceptors (Lipinski definition) is 7. The van der Waals surface area contributed by atoms with Crippen LogP contribution < -0.4 is 4.72 Å². The van der Waals surface area contributed by atoms with Crippen molar-refractivity contribution >= 4 is 33.7 Å². The normalized spacial score (nSPS) is 11.4. The van der Waals surface area contributed by atoms with Gasteiger partial charge in [0.15, 0.2) is 5.69 Å². The van der Waals surface area contributed by atoms with E-state index in [2.05, 4.69) is 11.6 Å². The number of imidazole rings is 1. The summed E-state index contributed by atoms with van der Waals surface area (Å²) in [4.78, 5) is 29.6. The maximum absolute atomic E-state index is 12.9. The molecule has 1 N–H and O–H groups in total. The van der Waals surface area contributed by atoms with E-state index in [0.29, 0.717) is 34.8 Å². The molecule has 0 saturated carbocycles. The maximum Gasteiger partial charge on any atom is 0.357 e. The number of thioether (sulfide) groups is 1. The second kappa shape index (κ2) is 13.6. The van der Waals surface area contributed by atoms with Crippen molar-refractivity contribution in [2.75, 3.05) is 12.9 Å². The van der Waals surface area contributed by atoms with Gasteiger partial charge < -0.3 is 9.30 Å². The zero-order valence-corrected chi connectivity index (χ0v) is 24.0. The summed E-state index contributed by atoms with van der Waals surface area (Å²) >= 11 is 1.42. The number of nitrogens with zero attached hydrogens (tertiary/aromatic N) is 2. The van der Waals surface area contributed by atoms with Crippen LogP contribution in [0.15, 0.2) is 58.5 Å². The lowest BCUT2D eigenvalue weighted by Crippen LogP contribution is -2.30. The molecule has 0 aliphatic carbocycles. The molecule has 0 saturated heterocycles. The first-order chi connectivity index (χ1) is 18.2. The Morgan fingerprint density at radius 1 is 1.03 bits per heavy atom. The summed E-state index contributed by atoms with van der Waals surface area (Å²) in [5.41, 5.74) is 2.58. The molecule has 0 aliphatic heterocycles. The molecule has 38 heavy (non-hydrogen) atoms. The number of ether oxygens (including phenoxy) is 1. The molecule has 0 aliphatic rings. The first-order valence-electron chi connectivity index (χ1n) is 12.8. The van der Waals surface area contributed by atoms with Crippen LogP contribution in [0.5, 0.6) is 0 Å². The fourth-order valence-corrected chi connectivity index (χ4v) is 5.93. The number of unbranched alkanes of at least 4 members (excludes halogenated alkanes) is 1. The molecular weight excluding hydrogens is 522 g/mol. The molecule has 0 radical (unpaired) electrons.